The van der Waals surface area contributed by atoms with Crippen LogP contribution in [0.4, 0.5) is 0 Å². The van der Waals surface area contributed by atoms with E-state index in [9.17, 15) is 4.79 Å². The Morgan fingerprint density at radius 3 is 2.65 bits per heavy atom. The second-order valence-electron chi connectivity index (χ2n) is 4.28. The summed E-state index contributed by atoms with van der Waals surface area (Å²) in [7, 11) is 0. The lowest BCUT2D eigenvalue weighted by molar-refractivity contribution is 0.0697. The maximum Gasteiger partial charge on any atom is 0.336 e. The Labute approximate surface area is 124 Å². The van der Waals surface area contributed by atoms with Crippen LogP contribution in [0.5, 0.6) is 0 Å². The van der Waals surface area contributed by atoms with Crippen LogP contribution in [0.15, 0.2) is 47.2 Å². The lowest BCUT2D eigenvalue weighted by Gasteiger charge is -1.94. The van der Waals surface area contributed by atoms with Gasteiger partial charge >= 0.3 is 5.97 Å². The number of hydrogen-bond donors (Lipinski definition) is 1. The van der Waals surface area contributed by atoms with Crippen LogP contribution in [0.25, 0.3) is 11.3 Å². The Hall–Kier alpha value is -1.98. The van der Waals surface area contributed by atoms with Gasteiger partial charge in [-0.25, -0.2) is 9.78 Å². The van der Waals surface area contributed by atoms with Crippen LogP contribution in [-0.2, 0) is 6.42 Å². The first-order valence-electron chi connectivity index (χ1n) is 6.03. The van der Waals surface area contributed by atoms with E-state index < -0.39 is 5.97 Å². The number of aromatic nitrogens is 1. The predicted octanol–water partition coefficient (Wildman–Crippen LogP) is 4.16. The first-order chi connectivity index (χ1) is 9.72. The van der Waals surface area contributed by atoms with E-state index in [4.69, 9.17) is 5.11 Å². The van der Waals surface area contributed by atoms with Crippen molar-refractivity contribution >= 4 is 28.6 Å². The minimum absolute atomic E-state index is 0.352. The van der Waals surface area contributed by atoms with E-state index in [-0.39, 0.29) is 0 Å². The molecule has 0 radical (unpaired) electrons. The van der Waals surface area contributed by atoms with Crippen LogP contribution in [0.1, 0.15) is 20.2 Å². The lowest BCUT2D eigenvalue weighted by Crippen LogP contribution is -1.92. The summed E-state index contributed by atoms with van der Waals surface area (Å²) >= 11 is 3.07. The van der Waals surface area contributed by atoms with Crippen LogP contribution in [0.3, 0.4) is 0 Å². The van der Waals surface area contributed by atoms with Crippen molar-refractivity contribution in [1.82, 2.24) is 4.98 Å². The predicted molar refractivity (Wildman–Crippen MR) is 81.6 cm³/mol. The molecule has 3 rings (SSSR count). The molecule has 0 aliphatic heterocycles. The largest absolute Gasteiger partial charge is 0.478 e. The molecular formula is C15H11NO2S2. The number of carbonyl (C=O) groups is 1. The number of rotatable bonds is 4. The van der Waals surface area contributed by atoms with Crippen LogP contribution < -0.4 is 0 Å². The average molecular weight is 301 g/mol. The molecule has 100 valence electrons. The molecule has 3 nitrogen and oxygen atoms in total. The van der Waals surface area contributed by atoms with E-state index in [2.05, 4.69) is 4.98 Å². The standard InChI is InChI=1S/C15H11NO2S2/c17-15(18)11-6-12(19-8-11)7-14-16-13(9-20-14)10-4-2-1-3-5-10/h1-6,8-9H,7H2,(H,17,18). The smallest absolute Gasteiger partial charge is 0.336 e. The minimum atomic E-state index is -0.878. The minimum Gasteiger partial charge on any atom is -0.478 e. The van der Waals surface area contributed by atoms with E-state index in [0.29, 0.717) is 12.0 Å². The Morgan fingerprint density at radius 2 is 1.95 bits per heavy atom. The SMILES string of the molecule is O=C(O)c1csc(Cc2nc(-c3ccccc3)cs2)c1. The van der Waals surface area contributed by atoms with Gasteiger partial charge in [0, 0.05) is 27.6 Å². The molecule has 1 N–H and O–H groups in total. The molecule has 3 aromatic rings. The fourth-order valence-corrected chi connectivity index (χ4v) is 3.65. The molecule has 0 fully saturated rings. The summed E-state index contributed by atoms with van der Waals surface area (Å²) < 4.78 is 0. The zero-order chi connectivity index (χ0) is 13.9. The van der Waals surface area contributed by atoms with Crippen molar-refractivity contribution in [3.05, 3.63) is 62.6 Å². The van der Waals surface area contributed by atoms with Gasteiger partial charge in [-0.1, -0.05) is 30.3 Å². The summed E-state index contributed by atoms with van der Waals surface area (Å²) in [5.41, 5.74) is 2.43. The molecule has 20 heavy (non-hydrogen) atoms. The van der Waals surface area contributed by atoms with Crippen molar-refractivity contribution in [2.24, 2.45) is 0 Å². The molecule has 0 bridgehead atoms. The molecule has 0 aliphatic carbocycles. The molecule has 0 spiro atoms. The first-order valence-corrected chi connectivity index (χ1v) is 7.79. The van der Waals surface area contributed by atoms with E-state index in [1.54, 1.807) is 22.8 Å². The number of thiazole rings is 1. The van der Waals surface area contributed by atoms with Crippen LogP contribution in [0.2, 0.25) is 0 Å². The Kier molecular flexibility index (Phi) is 3.62. The van der Waals surface area contributed by atoms with Gasteiger partial charge in [-0.05, 0) is 6.07 Å². The second-order valence-corrected chi connectivity index (χ2v) is 6.21. The van der Waals surface area contributed by atoms with E-state index in [1.807, 2.05) is 35.7 Å². The van der Waals surface area contributed by atoms with Gasteiger partial charge in [0.05, 0.1) is 16.3 Å². The van der Waals surface area contributed by atoms with Crippen molar-refractivity contribution in [1.29, 1.82) is 0 Å². The molecule has 5 heteroatoms. The Morgan fingerprint density at radius 1 is 1.15 bits per heavy atom. The summed E-state index contributed by atoms with van der Waals surface area (Å²) in [5.74, 6) is -0.878. The zero-order valence-corrected chi connectivity index (χ0v) is 12.1. The normalized spacial score (nSPS) is 10.6. The zero-order valence-electron chi connectivity index (χ0n) is 10.4. The molecule has 0 amide bonds. The number of carboxylic acid groups (broad SMARTS) is 1. The summed E-state index contributed by atoms with van der Waals surface area (Å²) in [4.78, 5) is 16.5. The third kappa shape index (κ3) is 2.79. The molecular weight excluding hydrogens is 290 g/mol. The third-order valence-electron chi connectivity index (χ3n) is 2.85. The van der Waals surface area contributed by atoms with Crippen molar-refractivity contribution in [2.45, 2.75) is 6.42 Å². The van der Waals surface area contributed by atoms with Gasteiger partial charge in [0.25, 0.3) is 0 Å². The number of carboxylic acids is 1. The fourth-order valence-electron chi connectivity index (χ4n) is 1.87. The monoisotopic (exact) mass is 301 g/mol. The van der Waals surface area contributed by atoms with E-state index in [0.717, 1.165) is 21.1 Å². The number of thiophene rings is 1. The van der Waals surface area contributed by atoms with Crippen molar-refractivity contribution in [3.63, 3.8) is 0 Å². The maximum absolute atomic E-state index is 10.8. The highest BCUT2D eigenvalue weighted by Crippen LogP contribution is 2.25. The molecule has 0 aliphatic rings. The second kappa shape index (κ2) is 5.56. The molecule has 2 heterocycles. The molecule has 2 aromatic heterocycles. The van der Waals surface area contributed by atoms with Gasteiger partial charge in [0.1, 0.15) is 0 Å². The van der Waals surface area contributed by atoms with Crippen molar-refractivity contribution in [2.75, 3.05) is 0 Å². The van der Waals surface area contributed by atoms with E-state index >= 15 is 0 Å². The highest BCUT2D eigenvalue weighted by atomic mass is 32.1. The van der Waals surface area contributed by atoms with Crippen LogP contribution in [0, 0.1) is 0 Å². The van der Waals surface area contributed by atoms with Crippen molar-refractivity contribution in [3.8, 4) is 11.3 Å². The quantitative estimate of drug-likeness (QED) is 0.787. The summed E-state index contributed by atoms with van der Waals surface area (Å²) in [6.45, 7) is 0. The number of aromatic carboxylic acids is 1. The van der Waals surface area contributed by atoms with Gasteiger partial charge in [0.15, 0.2) is 0 Å². The highest BCUT2D eigenvalue weighted by molar-refractivity contribution is 7.11. The van der Waals surface area contributed by atoms with Crippen molar-refractivity contribution < 1.29 is 9.90 Å². The van der Waals surface area contributed by atoms with E-state index in [1.165, 1.54) is 11.3 Å². The number of benzene rings is 1. The first kappa shape index (κ1) is 13.0. The number of nitrogens with zero attached hydrogens (tertiary/aromatic N) is 1. The highest BCUT2D eigenvalue weighted by Gasteiger charge is 2.09. The Balaban J connectivity index is 1.78. The fraction of sp³-hybridized carbons (Fsp3) is 0.0667. The summed E-state index contributed by atoms with van der Waals surface area (Å²) in [6.07, 6.45) is 0.690. The Bertz CT molecular complexity index is 731. The average Bonchev–Trinajstić information content (AvgIpc) is 3.10. The van der Waals surface area contributed by atoms with Crippen LogP contribution >= 0.6 is 22.7 Å². The van der Waals surface area contributed by atoms with Crippen LogP contribution in [-0.4, -0.2) is 16.1 Å². The summed E-state index contributed by atoms with van der Waals surface area (Å²) in [6, 6.07) is 11.8. The molecule has 0 atom stereocenters. The molecule has 1 aromatic carbocycles. The third-order valence-corrected chi connectivity index (χ3v) is 4.63. The van der Waals surface area contributed by atoms with Gasteiger partial charge in [-0.3, -0.25) is 0 Å². The lowest BCUT2D eigenvalue weighted by atomic mass is 10.2. The van der Waals surface area contributed by atoms with Gasteiger partial charge < -0.3 is 5.11 Å². The molecule has 0 saturated carbocycles. The summed E-state index contributed by atoms with van der Waals surface area (Å²) in [5, 5.41) is 13.6. The number of hydrogen-bond acceptors (Lipinski definition) is 4. The van der Waals surface area contributed by atoms with Gasteiger partial charge in [0.2, 0.25) is 0 Å². The van der Waals surface area contributed by atoms with Gasteiger partial charge in [-0.15, -0.1) is 22.7 Å². The topological polar surface area (TPSA) is 50.2 Å². The maximum atomic E-state index is 10.8. The molecule has 0 saturated heterocycles. The molecule has 0 unspecified atom stereocenters. The van der Waals surface area contributed by atoms with Gasteiger partial charge in [-0.2, -0.15) is 0 Å².